The van der Waals surface area contributed by atoms with E-state index in [-0.39, 0.29) is 12.5 Å². The SMILES string of the molecule is CC/C=C\C/C=C\C/C=C\C/C=C\C/C=C\C/C=C\C/C=C\C/C=C\CCCCCCC(=O)NC(CO)C(O)/C=C/CC/C=C/CC/C=C/CCCCCCCCCCCCCCCCC. The Morgan fingerprint density at radius 3 is 1.06 bits per heavy atom. The molecule has 0 heterocycles. The second-order valence-corrected chi connectivity index (χ2v) is 17.9. The van der Waals surface area contributed by atoms with E-state index in [1.165, 1.54) is 103 Å². The van der Waals surface area contributed by atoms with Crippen molar-refractivity contribution in [3.63, 3.8) is 0 Å². The van der Waals surface area contributed by atoms with Crippen LogP contribution in [0, 0.1) is 0 Å². The van der Waals surface area contributed by atoms with Gasteiger partial charge in [-0.05, 0) is 109 Å². The molecule has 2 atom stereocenters. The Balaban J connectivity index is 3.72. The highest BCUT2D eigenvalue weighted by Gasteiger charge is 2.17. The molecule has 66 heavy (non-hydrogen) atoms. The first kappa shape index (κ1) is 62.5. The van der Waals surface area contributed by atoms with Gasteiger partial charge in [0.2, 0.25) is 5.91 Å². The third-order valence-corrected chi connectivity index (χ3v) is 11.6. The third-order valence-electron chi connectivity index (χ3n) is 11.6. The van der Waals surface area contributed by atoms with Gasteiger partial charge in [-0.15, -0.1) is 0 Å². The standard InChI is InChI=1S/C62H103NO3/c1-3-5-7-9-11-13-15-17-19-21-23-25-27-29-30-31-32-34-36-38-40-42-44-46-48-50-52-54-56-58-62(66)63-60(59-64)61(65)57-55-53-51-49-47-45-43-41-39-37-35-33-28-26-24-22-20-18-16-14-12-10-8-6-4-2/h5,7,11,13,17,19,23,25,29-30,32,34,38-41,44,46-47,49,55,57,60-61,64-65H,3-4,6,8-10,12,14-16,18,20-22,24,26-28,31,33,35-37,42-43,45,48,50-54,56,58-59H2,1-2H3,(H,63,66)/b7-5-,13-11-,19-17-,25-23-,30-29-,34-32-,40-38-,41-39+,46-44-,49-47+,57-55+. The van der Waals surface area contributed by atoms with E-state index < -0.39 is 12.1 Å². The number of carbonyl (C=O) groups excluding carboxylic acids is 1. The normalized spacial score (nSPS) is 13.9. The number of hydrogen-bond donors (Lipinski definition) is 3. The van der Waals surface area contributed by atoms with Crippen LogP contribution in [-0.4, -0.2) is 34.9 Å². The van der Waals surface area contributed by atoms with E-state index >= 15 is 0 Å². The Bertz CT molecular complexity index is 1350. The maximum absolute atomic E-state index is 12.5. The van der Waals surface area contributed by atoms with Crippen molar-refractivity contribution in [2.24, 2.45) is 0 Å². The fourth-order valence-corrected chi connectivity index (χ4v) is 7.46. The first-order valence-corrected chi connectivity index (χ1v) is 27.4. The van der Waals surface area contributed by atoms with Gasteiger partial charge in [0, 0.05) is 6.42 Å². The predicted octanol–water partition coefficient (Wildman–Crippen LogP) is 18.2. The van der Waals surface area contributed by atoms with Crippen LogP contribution in [-0.2, 0) is 4.79 Å². The molecular weight excluding hydrogens is 807 g/mol. The van der Waals surface area contributed by atoms with Crippen molar-refractivity contribution in [2.75, 3.05) is 6.61 Å². The van der Waals surface area contributed by atoms with Crippen LogP contribution in [0.2, 0.25) is 0 Å². The van der Waals surface area contributed by atoms with Gasteiger partial charge >= 0.3 is 0 Å². The van der Waals surface area contributed by atoms with Gasteiger partial charge in [0.25, 0.3) is 0 Å². The summed E-state index contributed by atoms with van der Waals surface area (Å²) in [5, 5.41) is 23.1. The highest BCUT2D eigenvalue weighted by atomic mass is 16.3. The Kier molecular flexibility index (Phi) is 52.9. The molecule has 0 saturated carbocycles. The average Bonchev–Trinajstić information content (AvgIpc) is 3.32. The lowest BCUT2D eigenvalue weighted by atomic mass is 10.0. The number of rotatable bonds is 48. The van der Waals surface area contributed by atoms with Crippen LogP contribution in [0.1, 0.15) is 232 Å². The molecule has 0 aromatic rings. The van der Waals surface area contributed by atoms with Gasteiger partial charge in [0.15, 0.2) is 0 Å². The molecule has 0 rings (SSSR count). The van der Waals surface area contributed by atoms with Crippen molar-refractivity contribution in [1.82, 2.24) is 5.32 Å². The molecule has 3 N–H and O–H groups in total. The molecule has 0 aliphatic carbocycles. The van der Waals surface area contributed by atoms with Crippen LogP contribution in [0.4, 0.5) is 0 Å². The van der Waals surface area contributed by atoms with E-state index in [1.54, 1.807) is 6.08 Å². The summed E-state index contributed by atoms with van der Waals surface area (Å²) >= 11 is 0. The monoisotopic (exact) mass is 910 g/mol. The smallest absolute Gasteiger partial charge is 0.220 e. The van der Waals surface area contributed by atoms with Crippen molar-refractivity contribution in [2.45, 2.75) is 244 Å². The van der Waals surface area contributed by atoms with Gasteiger partial charge in [-0.25, -0.2) is 0 Å². The van der Waals surface area contributed by atoms with Crippen molar-refractivity contribution < 1.29 is 15.0 Å². The van der Waals surface area contributed by atoms with Crippen LogP contribution in [0.25, 0.3) is 0 Å². The number of amides is 1. The van der Waals surface area contributed by atoms with E-state index in [2.05, 4.69) is 141 Å². The lowest BCUT2D eigenvalue weighted by molar-refractivity contribution is -0.123. The molecule has 2 unspecified atom stereocenters. The molecule has 0 radical (unpaired) electrons. The molecule has 0 aliphatic rings. The topological polar surface area (TPSA) is 69.6 Å². The molecule has 0 aromatic carbocycles. The molecule has 4 heteroatoms. The highest BCUT2D eigenvalue weighted by molar-refractivity contribution is 5.76. The number of hydrogen-bond acceptors (Lipinski definition) is 3. The largest absolute Gasteiger partial charge is 0.394 e. The molecule has 0 aliphatic heterocycles. The first-order chi connectivity index (χ1) is 32.7. The van der Waals surface area contributed by atoms with Crippen molar-refractivity contribution >= 4 is 5.91 Å². The zero-order valence-electron chi connectivity index (χ0n) is 42.9. The van der Waals surface area contributed by atoms with E-state index in [0.717, 1.165) is 109 Å². The van der Waals surface area contributed by atoms with Crippen LogP contribution in [0.15, 0.2) is 134 Å². The Morgan fingerprint density at radius 2 is 0.682 bits per heavy atom. The summed E-state index contributed by atoms with van der Waals surface area (Å²) in [5.74, 6) is -0.107. The molecule has 0 bridgehead atoms. The molecular formula is C62H103NO3. The minimum atomic E-state index is -0.893. The maximum Gasteiger partial charge on any atom is 0.220 e. The lowest BCUT2D eigenvalue weighted by Crippen LogP contribution is -2.45. The number of nitrogens with one attached hydrogen (secondary N) is 1. The third kappa shape index (κ3) is 51.5. The molecule has 4 nitrogen and oxygen atoms in total. The van der Waals surface area contributed by atoms with Gasteiger partial charge in [-0.1, -0.05) is 250 Å². The van der Waals surface area contributed by atoms with E-state index in [1.807, 2.05) is 6.08 Å². The van der Waals surface area contributed by atoms with Crippen molar-refractivity contribution in [1.29, 1.82) is 0 Å². The second kappa shape index (κ2) is 55.9. The summed E-state index contributed by atoms with van der Waals surface area (Å²) in [7, 11) is 0. The van der Waals surface area contributed by atoms with Crippen LogP contribution in [0.3, 0.4) is 0 Å². The molecule has 1 amide bonds. The lowest BCUT2D eigenvalue weighted by Gasteiger charge is -2.19. The van der Waals surface area contributed by atoms with E-state index in [4.69, 9.17) is 0 Å². The Morgan fingerprint density at radius 1 is 0.379 bits per heavy atom. The van der Waals surface area contributed by atoms with Crippen LogP contribution >= 0.6 is 0 Å². The summed E-state index contributed by atoms with van der Waals surface area (Å²) in [5.41, 5.74) is 0. The zero-order valence-corrected chi connectivity index (χ0v) is 42.9. The predicted molar refractivity (Wildman–Crippen MR) is 294 cm³/mol. The molecule has 0 fully saturated rings. The van der Waals surface area contributed by atoms with Gasteiger partial charge in [0.05, 0.1) is 18.8 Å². The summed E-state index contributed by atoms with van der Waals surface area (Å²) < 4.78 is 0. The number of aliphatic hydroxyl groups is 2. The number of aliphatic hydroxyl groups excluding tert-OH is 2. The van der Waals surface area contributed by atoms with E-state index in [0.29, 0.717) is 6.42 Å². The number of unbranched alkanes of at least 4 members (excludes halogenated alkanes) is 21. The van der Waals surface area contributed by atoms with Crippen molar-refractivity contribution in [3.8, 4) is 0 Å². The number of allylic oxidation sites excluding steroid dienone is 21. The summed E-state index contributed by atoms with van der Waals surface area (Å²) in [6.45, 7) is 4.17. The quantitative estimate of drug-likeness (QED) is 0.0421. The maximum atomic E-state index is 12.5. The zero-order chi connectivity index (χ0) is 47.7. The highest BCUT2D eigenvalue weighted by Crippen LogP contribution is 2.14. The van der Waals surface area contributed by atoms with E-state index in [9.17, 15) is 15.0 Å². The summed E-state index contributed by atoms with van der Waals surface area (Å²) in [4.78, 5) is 12.5. The van der Waals surface area contributed by atoms with Crippen LogP contribution in [0.5, 0.6) is 0 Å². The number of carbonyl (C=O) groups is 1. The molecule has 0 spiro atoms. The molecule has 374 valence electrons. The minimum absolute atomic E-state index is 0.107. The Hall–Kier alpha value is -3.47. The summed E-state index contributed by atoms with van der Waals surface area (Å²) in [6.07, 6.45) is 87.4. The average molecular weight is 911 g/mol. The van der Waals surface area contributed by atoms with Gasteiger partial charge in [0.1, 0.15) is 0 Å². The fraction of sp³-hybridized carbons (Fsp3) is 0.629. The second-order valence-electron chi connectivity index (χ2n) is 17.9. The minimum Gasteiger partial charge on any atom is -0.394 e. The fourth-order valence-electron chi connectivity index (χ4n) is 7.46. The molecule has 0 saturated heterocycles. The van der Waals surface area contributed by atoms with Gasteiger partial charge < -0.3 is 15.5 Å². The van der Waals surface area contributed by atoms with Crippen LogP contribution < -0.4 is 5.32 Å². The van der Waals surface area contributed by atoms with Gasteiger partial charge in [-0.3, -0.25) is 4.79 Å². The Labute approximate surface area is 409 Å². The first-order valence-electron chi connectivity index (χ1n) is 27.4. The molecule has 0 aromatic heterocycles. The van der Waals surface area contributed by atoms with Crippen molar-refractivity contribution in [3.05, 3.63) is 134 Å². The summed E-state index contributed by atoms with van der Waals surface area (Å²) in [6, 6.07) is -0.671. The van der Waals surface area contributed by atoms with Gasteiger partial charge in [-0.2, -0.15) is 0 Å².